The number of rotatable bonds is 7. The zero-order chi connectivity index (χ0) is 15.5. The number of benzene rings is 1. The molecule has 2 nitrogen and oxygen atoms in total. The van der Waals surface area contributed by atoms with E-state index in [0.717, 1.165) is 18.5 Å². The fourth-order valence-electron chi connectivity index (χ4n) is 2.48. The molecule has 0 heterocycles. The number of hydrogen-bond acceptors (Lipinski definition) is 2. The fraction of sp³-hybridized carbons (Fsp3) is 0.684. The van der Waals surface area contributed by atoms with Crippen LogP contribution < -0.4 is 10.2 Å². The lowest BCUT2D eigenvalue weighted by Crippen LogP contribution is -2.35. The molecule has 1 aromatic rings. The Labute approximate surface area is 130 Å². The van der Waals surface area contributed by atoms with Crippen LogP contribution in [0, 0.1) is 5.92 Å². The van der Waals surface area contributed by atoms with Crippen molar-refractivity contribution in [3.05, 3.63) is 29.8 Å². The molecule has 118 valence electrons. The van der Waals surface area contributed by atoms with Gasteiger partial charge in [-0.15, -0.1) is 0 Å². The summed E-state index contributed by atoms with van der Waals surface area (Å²) in [6.45, 7) is 13.4. The van der Waals surface area contributed by atoms with Crippen molar-refractivity contribution in [3.8, 4) is 0 Å². The molecule has 0 bridgehead atoms. The van der Waals surface area contributed by atoms with E-state index in [2.05, 4.69) is 69.1 Å². The Bertz CT molecular complexity index is 424. The van der Waals surface area contributed by atoms with E-state index in [0.29, 0.717) is 0 Å². The van der Waals surface area contributed by atoms with E-state index in [-0.39, 0.29) is 5.54 Å². The van der Waals surface area contributed by atoms with Crippen LogP contribution in [0.3, 0.4) is 0 Å². The lowest BCUT2D eigenvalue weighted by molar-refractivity contribution is 0.424. The second kappa shape index (κ2) is 6.83. The Kier molecular flexibility index (Phi) is 5.32. The second-order valence-corrected chi connectivity index (χ2v) is 7.88. The quantitative estimate of drug-likeness (QED) is 0.789. The molecule has 0 spiro atoms. The highest BCUT2D eigenvalue weighted by Crippen LogP contribution is 2.32. The van der Waals surface area contributed by atoms with E-state index in [1.807, 2.05) is 0 Å². The molecule has 1 N–H and O–H groups in total. The summed E-state index contributed by atoms with van der Waals surface area (Å²) in [6.07, 6.45) is 4.01. The zero-order valence-corrected chi connectivity index (χ0v) is 14.4. The maximum atomic E-state index is 3.55. The lowest BCUT2D eigenvalue weighted by Gasteiger charge is -2.26. The molecule has 1 saturated carbocycles. The van der Waals surface area contributed by atoms with Gasteiger partial charge in [0.2, 0.25) is 0 Å². The summed E-state index contributed by atoms with van der Waals surface area (Å²) >= 11 is 0. The van der Waals surface area contributed by atoms with E-state index >= 15 is 0 Å². The summed E-state index contributed by atoms with van der Waals surface area (Å²) < 4.78 is 0. The first-order chi connectivity index (χ1) is 9.85. The molecule has 1 fully saturated rings. The highest BCUT2D eigenvalue weighted by atomic mass is 15.2. The van der Waals surface area contributed by atoms with Crippen molar-refractivity contribution in [2.75, 3.05) is 11.4 Å². The van der Waals surface area contributed by atoms with Gasteiger partial charge in [0.05, 0.1) is 0 Å². The van der Waals surface area contributed by atoms with E-state index in [4.69, 9.17) is 0 Å². The van der Waals surface area contributed by atoms with Crippen molar-refractivity contribution in [1.82, 2.24) is 5.32 Å². The van der Waals surface area contributed by atoms with Gasteiger partial charge in [-0.05, 0) is 63.6 Å². The van der Waals surface area contributed by atoms with Crippen LogP contribution in [0.1, 0.15) is 59.4 Å². The minimum absolute atomic E-state index is 0.177. The fourth-order valence-corrected chi connectivity index (χ4v) is 2.48. The van der Waals surface area contributed by atoms with E-state index in [1.165, 1.54) is 37.1 Å². The maximum absolute atomic E-state index is 3.55. The van der Waals surface area contributed by atoms with Crippen molar-refractivity contribution >= 4 is 5.69 Å². The lowest BCUT2D eigenvalue weighted by atomic mass is 10.1. The Balaban J connectivity index is 1.95. The number of anilines is 1. The van der Waals surface area contributed by atoms with Crippen molar-refractivity contribution in [3.63, 3.8) is 0 Å². The zero-order valence-electron chi connectivity index (χ0n) is 14.4. The summed E-state index contributed by atoms with van der Waals surface area (Å²) in [5.41, 5.74) is 2.95. The van der Waals surface area contributed by atoms with Gasteiger partial charge >= 0.3 is 0 Å². The van der Waals surface area contributed by atoms with Crippen molar-refractivity contribution < 1.29 is 0 Å². The predicted molar refractivity (Wildman–Crippen MR) is 92.9 cm³/mol. The van der Waals surface area contributed by atoms with Crippen LogP contribution in [0.25, 0.3) is 0 Å². The van der Waals surface area contributed by atoms with Crippen LogP contribution in [-0.4, -0.2) is 18.1 Å². The molecule has 2 rings (SSSR count). The molecule has 0 aromatic heterocycles. The largest absolute Gasteiger partial charge is 0.369 e. The van der Waals surface area contributed by atoms with Gasteiger partial charge in [0.25, 0.3) is 0 Å². The van der Waals surface area contributed by atoms with Gasteiger partial charge in [-0.2, -0.15) is 0 Å². The summed E-state index contributed by atoms with van der Waals surface area (Å²) in [5.74, 6) is 0.779. The van der Waals surface area contributed by atoms with Gasteiger partial charge < -0.3 is 10.2 Å². The first kappa shape index (κ1) is 16.4. The smallest absolute Gasteiger partial charge is 0.0368 e. The molecule has 0 radical (unpaired) electrons. The first-order valence-electron chi connectivity index (χ1n) is 8.46. The molecule has 1 aliphatic rings. The van der Waals surface area contributed by atoms with Crippen molar-refractivity contribution in [2.24, 2.45) is 5.92 Å². The summed E-state index contributed by atoms with van der Waals surface area (Å²) in [5, 5.41) is 3.55. The Morgan fingerprint density at radius 3 is 2.24 bits per heavy atom. The van der Waals surface area contributed by atoms with E-state index < -0.39 is 0 Å². The molecular weight excluding hydrogens is 256 g/mol. The van der Waals surface area contributed by atoms with Gasteiger partial charge in [0.15, 0.2) is 0 Å². The molecule has 1 aromatic carbocycles. The van der Waals surface area contributed by atoms with Gasteiger partial charge in [0.1, 0.15) is 0 Å². The third-order valence-corrected chi connectivity index (χ3v) is 4.03. The molecule has 21 heavy (non-hydrogen) atoms. The minimum atomic E-state index is 0.177. The summed E-state index contributed by atoms with van der Waals surface area (Å²) in [6, 6.07) is 9.95. The third kappa shape index (κ3) is 5.70. The standard InChI is InChI=1S/C19H32N2/c1-15(2)12-13-21(18-10-11-18)17-8-6-16(7-9-17)14-20-19(3,4)5/h6-9,15,18,20H,10-14H2,1-5H3. The predicted octanol–water partition coefficient (Wildman–Crippen LogP) is 4.59. The third-order valence-electron chi connectivity index (χ3n) is 4.03. The minimum Gasteiger partial charge on any atom is -0.369 e. The SMILES string of the molecule is CC(C)CCN(c1ccc(CNC(C)(C)C)cc1)C1CC1. The first-order valence-corrected chi connectivity index (χ1v) is 8.46. The highest BCUT2D eigenvalue weighted by Gasteiger charge is 2.28. The van der Waals surface area contributed by atoms with E-state index in [9.17, 15) is 0 Å². The second-order valence-electron chi connectivity index (χ2n) is 7.88. The summed E-state index contributed by atoms with van der Waals surface area (Å²) in [4.78, 5) is 2.61. The van der Waals surface area contributed by atoms with Crippen LogP contribution in [0.4, 0.5) is 5.69 Å². The van der Waals surface area contributed by atoms with Crippen LogP contribution in [0.5, 0.6) is 0 Å². The van der Waals surface area contributed by atoms with Crippen LogP contribution in [0.15, 0.2) is 24.3 Å². The van der Waals surface area contributed by atoms with Crippen LogP contribution >= 0.6 is 0 Å². The molecule has 2 heteroatoms. The molecule has 0 unspecified atom stereocenters. The van der Waals surface area contributed by atoms with Gasteiger partial charge in [-0.3, -0.25) is 0 Å². The number of nitrogens with zero attached hydrogens (tertiary/aromatic N) is 1. The molecular formula is C19H32N2. The average Bonchev–Trinajstić information content (AvgIpc) is 3.21. The van der Waals surface area contributed by atoms with Crippen LogP contribution in [0.2, 0.25) is 0 Å². The van der Waals surface area contributed by atoms with Gasteiger partial charge in [-0.25, -0.2) is 0 Å². The Hall–Kier alpha value is -1.02. The Morgan fingerprint density at radius 1 is 1.14 bits per heavy atom. The molecule has 0 amide bonds. The van der Waals surface area contributed by atoms with Gasteiger partial charge in [-0.1, -0.05) is 26.0 Å². The molecule has 0 saturated heterocycles. The van der Waals surface area contributed by atoms with Gasteiger partial charge in [0, 0.05) is 30.4 Å². The van der Waals surface area contributed by atoms with Crippen LogP contribution in [-0.2, 0) is 6.54 Å². The monoisotopic (exact) mass is 288 g/mol. The number of hydrogen-bond donors (Lipinski definition) is 1. The molecule has 0 aliphatic heterocycles. The van der Waals surface area contributed by atoms with Crippen molar-refractivity contribution in [2.45, 2.75) is 72.0 Å². The maximum Gasteiger partial charge on any atom is 0.0368 e. The summed E-state index contributed by atoms with van der Waals surface area (Å²) in [7, 11) is 0. The topological polar surface area (TPSA) is 15.3 Å². The molecule has 1 aliphatic carbocycles. The average molecular weight is 288 g/mol. The normalized spacial score (nSPS) is 15.5. The highest BCUT2D eigenvalue weighted by molar-refractivity contribution is 5.49. The number of nitrogens with one attached hydrogen (secondary N) is 1. The Morgan fingerprint density at radius 2 is 1.76 bits per heavy atom. The molecule has 0 atom stereocenters. The van der Waals surface area contributed by atoms with E-state index in [1.54, 1.807) is 0 Å². The van der Waals surface area contributed by atoms with Crippen molar-refractivity contribution in [1.29, 1.82) is 0 Å².